The molecule has 0 unspecified atom stereocenters. The van der Waals surface area contributed by atoms with Gasteiger partial charge in [-0.2, -0.15) is 0 Å². The molecule has 0 saturated carbocycles. The summed E-state index contributed by atoms with van der Waals surface area (Å²) in [4.78, 5) is 0. The summed E-state index contributed by atoms with van der Waals surface area (Å²) in [5.74, 6) is -1.20. The Balaban J connectivity index is 2.26. The van der Waals surface area contributed by atoms with Crippen LogP contribution in [0.5, 0.6) is 0 Å². The van der Waals surface area contributed by atoms with Gasteiger partial charge in [0.15, 0.2) is 0 Å². The summed E-state index contributed by atoms with van der Waals surface area (Å²) in [5.41, 5.74) is 0.0167. The maximum atomic E-state index is 13.4. The average Bonchev–Trinajstić information content (AvgIpc) is 2.73. The number of anilines is 2. The first-order valence-electron chi connectivity index (χ1n) is 4.40. The topological polar surface area (TPSA) is 51.0 Å². The molecule has 0 bridgehead atoms. The maximum absolute atomic E-state index is 13.4. The summed E-state index contributed by atoms with van der Waals surface area (Å²) >= 11 is 8.41. The van der Waals surface area contributed by atoms with Crippen molar-refractivity contribution in [3.8, 4) is 0 Å². The predicted octanol–water partition coefficient (Wildman–Crippen LogP) is 3.59. The highest BCUT2D eigenvalue weighted by atomic mass is 79.9. The minimum absolute atomic E-state index is 0.0157. The van der Waals surface area contributed by atoms with E-state index in [1.807, 2.05) is 0 Å². The molecule has 1 heterocycles. The van der Waals surface area contributed by atoms with Crippen molar-refractivity contribution in [2.45, 2.75) is 5.88 Å². The van der Waals surface area contributed by atoms with Crippen molar-refractivity contribution >= 4 is 39.2 Å². The minimum atomic E-state index is -0.767. The molecule has 4 nitrogen and oxygen atoms in total. The number of benzene rings is 1. The van der Waals surface area contributed by atoms with E-state index in [0.717, 1.165) is 6.07 Å². The number of hydrogen-bond acceptors (Lipinski definition) is 4. The Morgan fingerprint density at radius 3 is 2.71 bits per heavy atom. The monoisotopic (exact) mass is 323 g/mol. The molecule has 0 aliphatic rings. The van der Waals surface area contributed by atoms with Crippen molar-refractivity contribution in [2.75, 3.05) is 5.32 Å². The van der Waals surface area contributed by atoms with Crippen molar-refractivity contribution in [2.24, 2.45) is 0 Å². The van der Waals surface area contributed by atoms with E-state index < -0.39 is 11.6 Å². The number of nitrogens with one attached hydrogen (secondary N) is 1. The summed E-state index contributed by atoms with van der Waals surface area (Å²) in [6.07, 6.45) is 0. The largest absolute Gasteiger partial charge is 0.407 e. The van der Waals surface area contributed by atoms with Gasteiger partial charge in [0.25, 0.3) is 0 Å². The number of halogens is 4. The van der Waals surface area contributed by atoms with Crippen LogP contribution >= 0.6 is 27.5 Å². The average molecular weight is 325 g/mol. The fraction of sp³-hybridized carbons (Fsp3) is 0.111. The Labute approximate surface area is 108 Å². The Hall–Kier alpha value is -1.21. The van der Waals surface area contributed by atoms with Gasteiger partial charge in [0.2, 0.25) is 5.89 Å². The molecule has 0 saturated heterocycles. The normalized spacial score (nSPS) is 10.6. The smallest absolute Gasteiger partial charge is 0.320 e. The zero-order valence-corrected chi connectivity index (χ0v) is 10.5. The van der Waals surface area contributed by atoms with Gasteiger partial charge in [-0.05, 0) is 22.0 Å². The first-order chi connectivity index (χ1) is 8.10. The molecule has 0 spiro atoms. The Kier molecular flexibility index (Phi) is 3.58. The van der Waals surface area contributed by atoms with Crippen molar-refractivity contribution in [1.82, 2.24) is 10.2 Å². The van der Waals surface area contributed by atoms with Gasteiger partial charge in [0.05, 0.1) is 10.2 Å². The van der Waals surface area contributed by atoms with Gasteiger partial charge < -0.3 is 9.73 Å². The molecule has 1 aromatic heterocycles. The Bertz CT molecular complexity index is 549. The van der Waals surface area contributed by atoms with Crippen LogP contribution < -0.4 is 5.32 Å². The number of hydrogen-bond donors (Lipinski definition) is 1. The summed E-state index contributed by atoms with van der Waals surface area (Å²) < 4.78 is 31.5. The standard InChI is InChI=1S/C9H5BrClF2N3O/c10-4-1-7(6(13)2-5(4)12)14-9-16-15-8(3-11)17-9/h1-2H,3H2,(H,14,16). The Morgan fingerprint density at radius 1 is 1.29 bits per heavy atom. The van der Waals surface area contributed by atoms with Crippen LogP contribution in [0.1, 0.15) is 5.89 Å². The molecule has 2 rings (SSSR count). The van der Waals surface area contributed by atoms with E-state index >= 15 is 0 Å². The highest BCUT2D eigenvalue weighted by molar-refractivity contribution is 9.10. The highest BCUT2D eigenvalue weighted by Gasteiger charge is 2.11. The third kappa shape index (κ3) is 2.73. The van der Waals surface area contributed by atoms with Crippen molar-refractivity contribution in [3.05, 3.63) is 34.1 Å². The maximum Gasteiger partial charge on any atom is 0.320 e. The Morgan fingerprint density at radius 2 is 2.06 bits per heavy atom. The van der Waals surface area contributed by atoms with Crippen LogP contribution in [0.3, 0.4) is 0 Å². The molecule has 2 aromatic rings. The van der Waals surface area contributed by atoms with Gasteiger partial charge in [0, 0.05) is 6.07 Å². The van der Waals surface area contributed by atoms with Gasteiger partial charge in [-0.25, -0.2) is 8.78 Å². The molecule has 90 valence electrons. The van der Waals surface area contributed by atoms with Gasteiger partial charge in [-0.1, -0.05) is 5.10 Å². The van der Waals surface area contributed by atoms with Crippen LogP contribution in [0, 0.1) is 11.6 Å². The molecule has 0 radical (unpaired) electrons. The molecule has 1 aromatic carbocycles. The van der Waals surface area contributed by atoms with Crippen LogP contribution in [0.15, 0.2) is 21.0 Å². The zero-order chi connectivity index (χ0) is 12.4. The van der Waals surface area contributed by atoms with Crippen LogP contribution in [0.4, 0.5) is 20.5 Å². The van der Waals surface area contributed by atoms with Crippen molar-refractivity contribution < 1.29 is 13.2 Å². The van der Waals surface area contributed by atoms with Crippen LogP contribution in [0.2, 0.25) is 0 Å². The first kappa shape index (κ1) is 12.3. The fourth-order valence-corrected chi connectivity index (χ4v) is 1.54. The number of aromatic nitrogens is 2. The van der Waals surface area contributed by atoms with Crippen LogP contribution in [-0.2, 0) is 5.88 Å². The lowest BCUT2D eigenvalue weighted by Gasteiger charge is -2.04. The first-order valence-corrected chi connectivity index (χ1v) is 5.73. The minimum Gasteiger partial charge on any atom is -0.407 e. The van der Waals surface area contributed by atoms with Gasteiger partial charge in [-0.15, -0.1) is 16.7 Å². The second-order valence-corrected chi connectivity index (χ2v) is 4.13. The van der Waals surface area contributed by atoms with E-state index in [2.05, 4.69) is 31.4 Å². The molecule has 1 N–H and O–H groups in total. The number of alkyl halides is 1. The van der Waals surface area contributed by atoms with E-state index in [-0.39, 0.29) is 27.9 Å². The summed E-state index contributed by atoms with van der Waals surface area (Å²) in [6, 6.07) is 1.96. The molecule has 17 heavy (non-hydrogen) atoms. The van der Waals surface area contributed by atoms with Crippen molar-refractivity contribution in [3.63, 3.8) is 0 Å². The predicted molar refractivity (Wildman–Crippen MR) is 61.2 cm³/mol. The van der Waals surface area contributed by atoms with Gasteiger partial charge in [0.1, 0.15) is 17.5 Å². The van der Waals surface area contributed by atoms with Gasteiger partial charge >= 0.3 is 6.01 Å². The lowest BCUT2D eigenvalue weighted by molar-refractivity contribution is 0.528. The quantitative estimate of drug-likeness (QED) is 0.692. The van der Waals surface area contributed by atoms with Crippen molar-refractivity contribution in [1.29, 1.82) is 0 Å². The van der Waals surface area contributed by atoms with E-state index in [0.29, 0.717) is 0 Å². The highest BCUT2D eigenvalue weighted by Crippen LogP contribution is 2.26. The van der Waals surface area contributed by atoms with E-state index in [9.17, 15) is 8.78 Å². The number of rotatable bonds is 3. The van der Waals surface area contributed by atoms with E-state index in [1.54, 1.807) is 0 Å². The molecular weight excluding hydrogens is 319 g/mol. The second-order valence-electron chi connectivity index (χ2n) is 3.01. The molecule has 8 heteroatoms. The molecule has 0 fully saturated rings. The van der Waals surface area contributed by atoms with E-state index in [4.69, 9.17) is 16.0 Å². The molecule has 0 atom stereocenters. The lowest BCUT2D eigenvalue weighted by Crippen LogP contribution is -1.95. The molecule has 0 amide bonds. The van der Waals surface area contributed by atoms with Gasteiger partial charge in [-0.3, -0.25) is 0 Å². The summed E-state index contributed by atoms with van der Waals surface area (Å²) in [5, 5.41) is 9.69. The second kappa shape index (κ2) is 4.97. The molecular formula is C9H5BrClF2N3O. The molecule has 0 aliphatic heterocycles. The van der Waals surface area contributed by atoms with E-state index in [1.165, 1.54) is 6.07 Å². The summed E-state index contributed by atoms with van der Waals surface area (Å²) in [6.45, 7) is 0. The van der Waals surface area contributed by atoms with Crippen LogP contribution in [0.25, 0.3) is 0 Å². The SMILES string of the molecule is Fc1cc(F)c(Nc2nnc(CCl)o2)cc1Br. The number of nitrogens with zero attached hydrogens (tertiary/aromatic N) is 2. The molecule has 0 aliphatic carbocycles. The van der Waals surface area contributed by atoms with Crippen LogP contribution in [-0.4, -0.2) is 10.2 Å². The third-order valence-electron chi connectivity index (χ3n) is 1.83. The zero-order valence-electron chi connectivity index (χ0n) is 8.18. The lowest BCUT2D eigenvalue weighted by atomic mass is 10.3. The third-order valence-corrected chi connectivity index (χ3v) is 2.67. The summed E-state index contributed by atoms with van der Waals surface area (Å²) in [7, 11) is 0. The fourth-order valence-electron chi connectivity index (χ4n) is 1.09.